The highest BCUT2D eigenvalue weighted by Gasteiger charge is 2.07. The molecule has 0 amide bonds. The zero-order valence-corrected chi connectivity index (χ0v) is 13.2. The minimum Gasteiger partial charge on any atom is -0.370 e. The predicted molar refractivity (Wildman–Crippen MR) is 86.0 cm³/mol. The number of guanidine groups is 2. The Labute approximate surface area is 131 Å². The van der Waals surface area contributed by atoms with E-state index in [4.69, 9.17) is 22.5 Å². The van der Waals surface area contributed by atoms with Gasteiger partial charge in [-0.15, -0.1) is 4.99 Å². The molecule has 0 saturated carbocycles. The van der Waals surface area contributed by atoms with Gasteiger partial charge in [0.15, 0.2) is 11.8 Å². The number of thioether (sulfide) groups is 1. The molecule has 1 rings (SSSR count). The van der Waals surface area contributed by atoms with Gasteiger partial charge in [-0.05, 0) is 6.92 Å². The minimum atomic E-state index is -0.0313. The molecule has 0 aliphatic heterocycles. The third-order valence-corrected chi connectivity index (χ3v) is 3.87. The molecule has 9 nitrogen and oxygen atoms in total. The fourth-order valence-electron chi connectivity index (χ4n) is 1.35. The van der Waals surface area contributed by atoms with Crippen LogP contribution >= 0.6 is 23.3 Å². The SMILES string of the molecule is CCN(CCSCc1nsc(N=C(N)N)n1)C(N)=NC#N. The summed E-state index contributed by atoms with van der Waals surface area (Å²) in [6.45, 7) is 3.35. The van der Waals surface area contributed by atoms with Gasteiger partial charge in [-0.25, -0.2) is 4.98 Å². The molecule has 6 N–H and O–H groups in total. The van der Waals surface area contributed by atoms with Crippen LogP contribution in [0.2, 0.25) is 0 Å². The zero-order valence-electron chi connectivity index (χ0n) is 11.6. The molecule has 0 radical (unpaired) electrons. The Kier molecular flexibility index (Phi) is 7.27. The van der Waals surface area contributed by atoms with E-state index in [0.717, 1.165) is 17.3 Å². The molecule has 0 aliphatic rings. The molecule has 114 valence electrons. The van der Waals surface area contributed by atoms with E-state index >= 15 is 0 Å². The smallest absolute Gasteiger partial charge is 0.232 e. The van der Waals surface area contributed by atoms with Gasteiger partial charge in [0.1, 0.15) is 0 Å². The number of aromatic nitrogens is 2. The van der Waals surface area contributed by atoms with Crippen molar-refractivity contribution < 1.29 is 0 Å². The summed E-state index contributed by atoms with van der Waals surface area (Å²) in [6.07, 6.45) is 1.68. The topological polar surface area (TPSA) is 156 Å². The molecule has 0 unspecified atom stereocenters. The fourth-order valence-corrected chi connectivity index (χ4v) is 2.83. The van der Waals surface area contributed by atoms with Crippen LogP contribution in [0.1, 0.15) is 12.7 Å². The standard InChI is InChI=1S/C10H17N9S2/c1-2-19(9(14)15-6-11)3-4-20-5-7-16-10(21-18-7)17-8(12)13/h2-5H2,1H3,(H2,14,15)(H4,12,13,16,17,18). The largest absolute Gasteiger partial charge is 0.370 e. The number of nitrogens with two attached hydrogens (primary N) is 3. The van der Waals surface area contributed by atoms with Crippen molar-refractivity contribution in [2.24, 2.45) is 27.2 Å². The van der Waals surface area contributed by atoms with Crippen LogP contribution < -0.4 is 17.2 Å². The molecule has 1 aromatic rings. The van der Waals surface area contributed by atoms with Gasteiger partial charge in [-0.3, -0.25) is 0 Å². The van der Waals surface area contributed by atoms with E-state index in [2.05, 4.69) is 19.3 Å². The van der Waals surface area contributed by atoms with E-state index in [1.165, 1.54) is 0 Å². The highest BCUT2D eigenvalue weighted by Crippen LogP contribution is 2.18. The second-order valence-corrected chi connectivity index (χ2v) is 5.57. The third kappa shape index (κ3) is 6.28. The number of aliphatic imine (C=N–C) groups is 2. The highest BCUT2D eigenvalue weighted by molar-refractivity contribution is 7.98. The van der Waals surface area contributed by atoms with Crippen molar-refractivity contribution >= 4 is 40.3 Å². The summed E-state index contributed by atoms with van der Waals surface area (Å²) in [6, 6.07) is 0. The van der Waals surface area contributed by atoms with Crippen LogP contribution in [0.3, 0.4) is 0 Å². The molecular formula is C10H17N9S2. The Morgan fingerprint density at radius 3 is 2.86 bits per heavy atom. The van der Waals surface area contributed by atoms with Gasteiger partial charge in [0, 0.05) is 30.4 Å². The Morgan fingerprint density at radius 2 is 2.24 bits per heavy atom. The second-order valence-electron chi connectivity index (χ2n) is 3.73. The van der Waals surface area contributed by atoms with E-state index in [-0.39, 0.29) is 11.9 Å². The van der Waals surface area contributed by atoms with Crippen molar-refractivity contribution in [2.75, 3.05) is 18.8 Å². The van der Waals surface area contributed by atoms with Crippen molar-refractivity contribution in [3.63, 3.8) is 0 Å². The van der Waals surface area contributed by atoms with Gasteiger partial charge in [0.05, 0.1) is 5.75 Å². The molecule has 0 fully saturated rings. The maximum Gasteiger partial charge on any atom is 0.232 e. The summed E-state index contributed by atoms with van der Waals surface area (Å²) in [4.78, 5) is 13.4. The van der Waals surface area contributed by atoms with Crippen molar-refractivity contribution in [3.05, 3.63) is 5.82 Å². The minimum absolute atomic E-state index is 0.0313. The van der Waals surface area contributed by atoms with Gasteiger partial charge in [-0.1, -0.05) is 0 Å². The Morgan fingerprint density at radius 1 is 1.48 bits per heavy atom. The number of nitrogens with zero attached hydrogens (tertiary/aromatic N) is 6. The predicted octanol–water partition coefficient (Wildman–Crippen LogP) is -0.206. The molecule has 0 spiro atoms. The van der Waals surface area contributed by atoms with Crippen LogP contribution in [0.4, 0.5) is 5.13 Å². The van der Waals surface area contributed by atoms with Crippen molar-refractivity contribution in [3.8, 4) is 6.19 Å². The van der Waals surface area contributed by atoms with Crippen LogP contribution in [0, 0.1) is 11.5 Å². The fraction of sp³-hybridized carbons (Fsp3) is 0.500. The average molecular weight is 327 g/mol. The van der Waals surface area contributed by atoms with Crippen LogP contribution in [-0.4, -0.2) is 45.0 Å². The first-order valence-electron chi connectivity index (χ1n) is 6.04. The van der Waals surface area contributed by atoms with Crippen molar-refractivity contribution in [2.45, 2.75) is 12.7 Å². The lowest BCUT2D eigenvalue weighted by molar-refractivity contribution is 0.464. The summed E-state index contributed by atoms with van der Waals surface area (Å²) >= 11 is 2.80. The molecule has 0 atom stereocenters. The van der Waals surface area contributed by atoms with E-state index < -0.39 is 0 Å². The second kappa shape index (κ2) is 8.98. The Hall–Kier alpha value is -2.06. The lowest BCUT2D eigenvalue weighted by Gasteiger charge is -2.20. The number of hydrogen-bond acceptors (Lipinski definition) is 7. The average Bonchev–Trinajstić information content (AvgIpc) is 2.85. The number of hydrogen-bond donors (Lipinski definition) is 3. The highest BCUT2D eigenvalue weighted by atomic mass is 32.2. The summed E-state index contributed by atoms with van der Waals surface area (Å²) in [7, 11) is 0. The molecule has 0 aromatic carbocycles. The monoisotopic (exact) mass is 327 g/mol. The summed E-state index contributed by atoms with van der Waals surface area (Å²) in [5.74, 6) is 2.36. The summed E-state index contributed by atoms with van der Waals surface area (Å²) in [5.41, 5.74) is 16.2. The van der Waals surface area contributed by atoms with Crippen LogP contribution in [0.15, 0.2) is 9.98 Å². The molecule has 0 aliphatic carbocycles. The maximum atomic E-state index is 8.47. The zero-order chi connectivity index (χ0) is 15.7. The van der Waals surface area contributed by atoms with Crippen LogP contribution in [0.25, 0.3) is 0 Å². The quantitative estimate of drug-likeness (QED) is 0.269. The van der Waals surface area contributed by atoms with Gasteiger partial charge in [-0.2, -0.15) is 26.4 Å². The molecular weight excluding hydrogens is 310 g/mol. The van der Waals surface area contributed by atoms with Gasteiger partial charge >= 0.3 is 0 Å². The lowest BCUT2D eigenvalue weighted by atomic mass is 10.5. The Balaban J connectivity index is 2.37. The van der Waals surface area contributed by atoms with Gasteiger partial charge in [0.25, 0.3) is 0 Å². The Bertz CT molecular complexity index is 541. The van der Waals surface area contributed by atoms with Crippen molar-refractivity contribution in [1.82, 2.24) is 14.3 Å². The summed E-state index contributed by atoms with van der Waals surface area (Å²) < 4.78 is 4.16. The molecule has 1 aromatic heterocycles. The molecule has 21 heavy (non-hydrogen) atoms. The van der Waals surface area contributed by atoms with Gasteiger partial charge in [0.2, 0.25) is 17.3 Å². The lowest BCUT2D eigenvalue weighted by Crippen LogP contribution is -2.38. The first-order chi connectivity index (χ1) is 10.1. The van der Waals surface area contributed by atoms with E-state index in [0.29, 0.717) is 29.8 Å². The van der Waals surface area contributed by atoms with Crippen LogP contribution in [0.5, 0.6) is 0 Å². The van der Waals surface area contributed by atoms with E-state index in [9.17, 15) is 0 Å². The van der Waals surface area contributed by atoms with Gasteiger partial charge < -0.3 is 22.1 Å². The summed E-state index contributed by atoms with van der Waals surface area (Å²) in [5, 5.41) is 8.92. The number of nitriles is 1. The molecule has 1 heterocycles. The first-order valence-corrected chi connectivity index (χ1v) is 7.96. The third-order valence-electron chi connectivity index (χ3n) is 2.29. The van der Waals surface area contributed by atoms with Crippen molar-refractivity contribution in [1.29, 1.82) is 5.26 Å². The molecule has 0 saturated heterocycles. The normalized spacial score (nSPS) is 11.0. The first kappa shape index (κ1) is 17.0. The number of rotatable bonds is 7. The molecule has 0 bridgehead atoms. The van der Waals surface area contributed by atoms with E-state index in [1.54, 1.807) is 18.0 Å². The maximum absolute atomic E-state index is 8.47. The molecule has 11 heteroatoms. The van der Waals surface area contributed by atoms with E-state index in [1.807, 2.05) is 11.8 Å². The van der Waals surface area contributed by atoms with Crippen LogP contribution in [-0.2, 0) is 5.75 Å².